The Morgan fingerprint density at radius 2 is 1.67 bits per heavy atom. The first kappa shape index (κ1) is 21.9. The molecule has 0 radical (unpaired) electrons. The molecular weight excluding hydrogens is 374 g/mol. The number of carbonyl (C=O) groups is 1. The highest BCUT2D eigenvalue weighted by atomic mass is 32.2. The molecule has 0 saturated carbocycles. The van der Waals surface area contributed by atoms with Crippen molar-refractivity contribution in [1.29, 1.82) is 0 Å². The molecule has 0 spiro atoms. The third-order valence-electron chi connectivity index (χ3n) is 4.14. The summed E-state index contributed by atoms with van der Waals surface area (Å²) in [6, 6.07) is 14.0. The van der Waals surface area contributed by atoms with Crippen LogP contribution in [-0.4, -0.2) is 15.2 Å². The SMILES string of the molecule is CC(C)(C)c1ccc(Sc2ccccc2C=O)c(CNS(=O)C(C)(C)C)c1. The molecule has 5 heteroatoms. The van der Waals surface area contributed by atoms with Crippen LogP contribution in [-0.2, 0) is 22.9 Å². The zero-order valence-electron chi connectivity index (χ0n) is 17.0. The highest BCUT2D eigenvalue weighted by molar-refractivity contribution is 7.99. The van der Waals surface area contributed by atoms with Gasteiger partial charge < -0.3 is 0 Å². The molecule has 0 amide bonds. The van der Waals surface area contributed by atoms with E-state index in [0.717, 1.165) is 21.6 Å². The smallest absolute Gasteiger partial charge is 0.151 e. The second-order valence-electron chi connectivity index (χ2n) is 8.53. The van der Waals surface area contributed by atoms with Crippen LogP contribution in [0.3, 0.4) is 0 Å². The molecule has 0 fully saturated rings. The number of hydrogen-bond donors (Lipinski definition) is 1. The van der Waals surface area contributed by atoms with Crippen LogP contribution in [0.15, 0.2) is 52.3 Å². The topological polar surface area (TPSA) is 46.2 Å². The van der Waals surface area contributed by atoms with E-state index in [1.807, 2.05) is 45.0 Å². The molecule has 1 atom stereocenters. The zero-order chi connectivity index (χ0) is 20.2. The lowest BCUT2D eigenvalue weighted by Gasteiger charge is -2.23. The Bertz CT molecular complexity index is 833. The second-order valence-corrected chi connectivity index (χ2v) is 11.7. The summed E-state index contributed by atoms with van der Waals surface area (Å²) in [6.45, 7) is 12.9. The van der Waals surface area contributed by atoms with Gasteiger partial charge in [0, 0.05) is 21.9 Å². The first-order valence-corrected chi connectivity index (χ1v) is 11.0. The molecule has 0 aliphatic rings. The Labute approximate surface area is 169 Å². The van der Waals surface area contributed by atoms with Crippen molar-refractivity contribution in [3.05, 3.63) is 59.2 Å². The number of benzene rings is 2. The van der Waals surface area contributed by atoms with Gasteiger partial charge in [0.05, 0.1) is 15.7 Å². The first-order chi connectivity index (χ1) is 12.5. The molecule has 0 saturated heterocycles. The maximum atomic E-state index is 12.4. The molecule has 2 rings (SSSR count). The van der Waals surface area contributed by atoms with Gasteiger partial charge in [0.1, 0.15) is 0 Å². The molecule has 1 unspecified atom stereocenters. The van der Waals surface area contributed by atoms with Crippen LogP contribution in [0.4, 0.5) is 0 Å². The lowest BCUT2D eigenvalue weighted by molar-refractivity contribution is 0.112. The van der Waals surface area contributed by atoms with Crippen molar-refractivity contribution in [2.24, 2.45) is 0 Å². The second kappa shape index (κ2) is 8.72. The van der Waals surface area contributed by atoms with Crippen LogP contribution in [0.5, 0.6) is 0 Å². The fraction of sp³-hybridized carbons (Fsp3) is 0.409. The van der Waals surface area contributed by atoms with Gasteiger partial charge in [0.25, 0.3) is 0 Å². The van der Waals surface area contributed by atoms with Crippen LogP contribution in [0.2, 0.25) is 0 Å². The quantitative estimate of drug-likeness (QED) is 0.648. The van der Waals surface area contributed by atoms with Crippen LogP contribution in [0.25, 0.3) is 0 Å². The summed E-state index contributed by atoms with van der Waals surface area (Å²) in [4.78, 5) is 13.3. The lowest BCUT2D eigenvalue weighted by atomic mass is 9.86. The standard InChI is InChI=1S/C22H29NO2S2/c1-21(2,3)18-11-12-20(26-19-10-8-7-9-16(19)15-24)17(13-18)14-23-27(25)22(4,5)6/h7-13,15,23H,14H2,1-6H3. The van der Waals surface area contributed by atoms with Crippen molar-refractivity contribution in [2.45, 2.75) is 68.0 Å². The lowest BCUT2D eigenvalue weighted by Crippen LogP contribution is -2.33. The summed E-state index contributed by atoms with van der Waals surface area (Å²) in [5, 5.41) is 0. The van der Waals surface area contributed by atoms with Gasteiger partial charge in [-0.3, -0.25) is 4.79 Å². The minimum Gasteiger partial charge on any atom is -0.298 e. The van der Waals surface area contributed by atoms with E-state index in [9.17, 15) is 9.00 Å². The average molecular weight is 404 g/mol. The number of aldehydes is 1. The van der Waals surface area contributed by atoms with E-state index in [1.165, 1.54) is 5.56 Å². The fourth-order valence-corrected chi connectivity index (χ4v) is 4.17. The minimum absolute atomic E-state index is 0.0296. The van der Waals surface area contributed by atoms with Crippen molar-refractivity contribution < 1.29 is 9.00 Å². The summed E-state index contributed by atoms with van der Waals surface area (Å²) in [7, 11) is -1.14. The summed E-state index contributed by atoms with van der Waals surface area (Å²) in [5.41, 5.74) is 3.03. The fourth-order valence-electron chi connectivity index (χ4n) is 2.43. The van der Waals surface area contributed by atoms with Gasteiger partial charge in [-0.25, -0.2) is 8.93 Å². The minimum atomic E-state index is -1.14. The van der Waals surface area contributed by atoms with Crippen molar-refractivity contribution in [1.82, 2.24) is 4.72 Å². The molecule has 3 nitrogen and oxygen atoms in total. The van der Waals surface area contributed by atoms with Gasteiger partial charge in [-0.2, -0.15) is 0 Å². The molecule has 0 aliphatic carbocycles. The Kier molecular flexibility index (Phi) is 7.06. The summed E-state index contributed by atoms with van der Waals surface area (Å²) in [5.74, 6) is 0. The zero-order valence-corrected chi connectivity index (χ0v) is 18.6. The van der Waals surface area contributed by atoms with E-state index < -0.39 is 11.0 Å². The van der Waals surface area contributed by atoms with E-state index >= 15 is 0 Å². The molecule has 2 aromatic rings. The van der Waals surface area contributed by atoms with Gasteiger partial charge in [-0.05, 0) is 49.4 Å². The van der Waals surface area contributed by atoms with Gasteiger partial charge in [-0.1, -0.05) is 62.9 Å². The molecule has 27 heavy (non-hydrogen) atoms. The largest absolute Gasteiger partial charge is 0.298 e. The predicted octanol–water partition coefficient (Wildman–Crippen LogP) is 5.50. The van der Waals surface area contributed by atoms with Crippen LogP contribution >= 0.6 is 11.8 Å². The van der Waals surface area contributed by atoms with Crippen molar-refractivity contribution >= 4 is 29.0 Å². The predicted molar refractivity (Wildman–Crippen MR) is 116 cm³/mol. The van der Waals surface area contributed by atoms with Gasteiger partial charge in [0.2, 0.25) is 0 Å². The third kappa shape index (κ3) is 6.03. The van der Waals surface area contributed by atoms with E-state index in [-0.39, 0.29) is 10.2 Å². The highest BCUT2D eigenvalue weighted by Crippen LogP contribution is 2.35. The molecule has 0 aliphatic heterocycles. The van der Waals surface area contributed by atoms with Gasteiger partial charge in [0.15, 0.2) is 6.29 Å². The Morgan fingerprint density at radius 3 is 2.26 bits per heavy atom. The number of nitrogens with one attached hydrogen (secondary N) is 1. The molecule has 146 valence electrons. The van der Waals surface area contributed by atoms with Gasteiger partial charge >= 0.3 is 0 Å². The van der Waals surface area contributed by atoms with E-state index in [4.69, 9.17) is 0 Å². The maximum Gasteiger partial charge on any atom is 0.151 e. The number of rotatable bonds is 6. The van der Waals surface area contributed by atoms with Crippen molar-refractivity contribution in [3.63, 3.8) is 0 Å². The van der Waals surface area contributed by atoms with Crippen molar-refractivity contribution in [2.75, 3.05) is 0 Å². The summed E-state index contributed by atoms with van der Waals surface area (Å²) in [6.07, 6.45) is 0.887. The average Bonchev–Trinajstić information content (AvgIpc) is 2.59. The maximum absolute atomic E-state index is 12.4. The Hall–Kier alpha value is -1.43. The van der Waals surface area contributed by atoms with E-state index in [0.29, 0.717) is 12.1 Å². The number of carbonyl (C=O) groups excluding carboxylic acids is 1. The van der Waals surface area contributed by atoms with E-state index in [1.54, 1.807) is 11.8 Å². The first-order valence-electron chi connectivity index (χ1n) is 9.03. The third-order valence-corrected chi connectivity index (χ3v) is 6.87. The number of hydrogen-bond acceptors (Lipinski definition) is 3. The van der Waals surface area contributed by atoms with Crippen LogP contribution in [0.1, 0.15) is 63.0 Å². The van der Waals surface area contributed by atoms with E-state index in [2.05, 4.69) is 43.7 Å². The molecule has 0 heterocycles. The molecule has 0 bridgehead atoms. The molecule has 2 aromatic carbocycles. The van der Waals surface area contributed by atoms with Crippen LogP contribution < -0.4 is 4.72 Å². The normalized spacial score (nSPS) is 13.4. The Balaban J connectivity index is 2.38. The molecular formula is C22H29NO2S2. The highest BCUT2D eigenvalue weighted by Gasteiger charge is 2.21. The van der Waals surface area contributed by atoms with Crippen molar-refractivity contribution in [3.8, 4) is 0 Å². The molecule has 0 aromatic heterocycles. The van der Waals surface area contributed by atoms with Gasteiger partial charge in [-0.15, -0.1) is 0 Å². The Morgan fingerprint density at radius 1 is 1.00 bits per heavy atom. The summed E-state index contributed by atoms with van der Waals surface area (Å²) >= 11 is 1.57. The monoisotopic (exact) mass is 403 g/mol. The summed E-state index contributed by atoms with van der Waals surface area (Å²) < 4.78 is 15.3. The molecule has 1 N–H and O–H groups in total. The van der Waals surface area contributed by atoms with Crippen LogP contribution in [0, 0.1) is 0 Å².